The molecule has 0 aliphatic heterocycles. The highest BCUT2D eigenvalue weighted by molar-refractivity contribution is 6.33. The first kappa shape index (κ1) is 20.4. The SMILES string of the molecule is NCc1cc(F)cc(-c2ccccn2)c1.Nc1c(Cl)cccc1CC(=O)O. The van der Waals surface area contributed by atoms with Crippen molar-refractivity contribution in [2.24, 2.45) is 5.73 Å². The van der Waals surface area contributed by atoms with Crippen molar-refractivity contribution >= 4 is 23.3 Å². The van der Waals surface area contributed by atoms with E-state index in [1.807, 2.05) is 24.3 Å². The molecule has 0 bridgehead atoms. The number of halogens is 2. The number of aromatic nitrogens is 1. The van der Waals surface area contributed by atoms with Gasteiger partial charge in [0, 0.05) is 18.3 Å². The van der Waals surface area contributed by atoms with Crippen LogP contribution in [0.25, 0.3) is 11.3 Å². The summed E-state index contributed by atoms with van der Waals surface area (Å²) in [6.07, 6.45) is 1.59. The molecule has 0 aliphatic rings. The zero-order chi connectivity index (χ0) is 19.8. The average molecular weight is 388 g/mol. The molecular weight excluding hydrogens is 369 g/mol. The fourth-order valence-corrected chi connectivity index (χ4v) is 2.54. The van der Waals surface area contributed by atoms with Gasteiger partial charge in [-0.15, -0.1) is 0 Å². The predicted molar refractivity (Wildman–Crippen MR) is 105 cm³/mol. The highest BCUT2D eigenvalue weighted by atomic mass is 35.5. The Kier molecular flexibility index (Phi) is 7.28. The molecule has 5 N–H and O–H groups in total. The van der Waals surface area contributed by atoms with Gasteiger partial charge in [0.2, 0.25) is 0 Å². The van der Waals surface area contributed by atoms with E-state index in [0.717, 1.165) is 16.8 Å². The van der Waals surface area contributed by atoms with Crippen LogP contribution < -0.4 is 11.5 Å². The number of nitrogen functional groups attached to an aromatic ring is 1. The van der Waals surface area contributed by atoms with Crippen LogP contribution in [-0.2, 0) is 17.8 Å². The summed E-state index contributed by atoms with van der Waals surface area (Å²) in [5.41, 5.74) is 14.2. The van der Waals surface area contributed by atoms with Gasteiger partial charge in [0.25, 0.3) is 0 Å². The number of rotatable bonds is 4. The normalized spacial score (nSPS) is 10.0. The zero-order valence-electron chi connectivity index (χ0n) is 14.4. The monoisotopic (exact) mass is 387 g/mol. The Morgan fingerprint density at radius 2 is 1.93 bits per heavy atom. The fraction of sp³-hybridized carbons (Fsp3) is 0.100. The number of benzene rings is 2. The third kappa shape index (κ3) is 6.06. The first-order valence-corrected chi connectivity index (χ1v) is 8.44. The van der Waals surface area contributed by atoms with Crippen LogP contribution in [0.1, 0.15) is 11.1 Å². The molecule has 0 atom stereocenters. The Labute approximate surface area is 161 Å². The summed E-state index contributed by atoms with van der Waals surface area (Å²) in [6.45, 7) is 0.331. The minimum atomic E-state index is -0.913. The van der Waals surface area contributed by atoms with Gasteiger partial charge in [-0.25, -0.2) is 4.39 Å². The third-order valence-electron chi connectivity index (χ3n) is 3.64. The van der Waals surface area contributed by atoms with Gasteiger partial charge < -0.3 is 16.6 Å². The second-order valence-corrected chi connectivity index (χ2v) is 6.06. The van der Waals surface area contributed by atoms with E-state index in [9.17, 15) is 9.18 Å². The van der Waals surface area contributed by atoms with Gasteiger partial charge in [0.15, 0.2) is 0 Å². The van der Waals surface area contributed by atoms with Gasteiger partial charge in [0.05, 0.1) is 22.8 Å². The highest BCUT2D eigenvalue weighted by Crippen LogP contribution is 2.22. The molecule has 140 valence electrons. The van der Waals surface area contributed by atoms with Gasteiger partial charge in [-0.2, -0.15) is 0 Å². The number of aliphatic carboxylic acids is 1. The summed E-state index contributed by atoms with van der Waals surface area (Å²) in [6, 6.07) is 15.2. The standard InChI is InChI=1S/C12H11FN2.C8H8ClNO2/c13-11-6-9(8-14)5-10(7-11)12-3-1-2-4-15-12;9-6-3-1-2-5(8(6)10)4-7(11)12/h1-7H,8,14H2;1-3H,4,10H2,(H,11,12). The number of hydrogen-bond acceptors (Lipinski definition) is 4. The predicted octanol–water partition coefficient (Wildman–Crippen LogP) is 3.90. The molecule has 5 nitrogen and oxygen atoms in total. The average Bonchev–Trinajstić information content (AvgIpc) is 2.66. The van der Waals surface area contributed by atoms with Crippen molar-refractivity contribution in [1.82, 2.24) is 4.98 Å². The molecule has 1 heterocycles. The first-order valence-electron chi connectivity index (χ1n) is 8.06. The van der Waals surface area contributed by atoms with Crippen molar-refractivity contribution < 1.29 is 14.3 Å². The summed E-state index contributed by atoms with van der Waals surface area (Å²) in [5, 5.41) is 8.88. The molecule has 0 radical (unpaired) electrons. The number of carbonyl (C=O) groups is 1. The quantitative estimate of drug-likeness (QED) is 0.589. The molecule has 0 fully saturated rings. The van der Waals surface area contributed by atoms with Gasteiger partial charge in [-0.1, -0.05) is 29.8 Å². The lowest BCUT2D eigenvalue weighted by Gasteiger charge is -2.03. The second kappa shape index (κ2) is 9.66. The minimum absolute atomic E-state index is 0.0909. The molecule has 1 aromatic heterocycles. The number of anilines is 1. The molecule has 0 saturated carbocycles. The molecule has 0 aliphatic carbocycles. The molecule has 7 heteroatoms. The zero-order valence-corrected chi connectivity index (χ0v) is 15.2. The summed E-state index contributed by atoms with van der Waals surface area (Å²) in [7, 11) is 0. The lowest BCUT2D eigenvalue weighted by atomic mass is 10.1. The van der Waals surface area contributed by atoms with E-state index in [2.05, 4.69) is 4.98 Å². The number of pyridine rings is 1. The topological polar surface area (TPSA) is 102 Å². The van der Waals surface area contributed by atoms with E-state index in [0.29, 0.717) is 22.8 Å². The maximum Gasteiger partial charge on any atom is 0.307 e. The maximum atomic E-state index is 13.2. The molecule has 0 spiro atoms. The van der Waals surface area contributed by atoms with Gasteiger partial charge in [0.1, 0.15) is 5.82 Å². The smallest absolute Gasteiger partial charge is 0.307 e. The van der Waals surface area contributed by atoms with Crippen LogP contribution >= 0.6 is 11.6 Å². The third-order valence-corrected chi connectivity index (χ3v) is 3.97. The van der Waals surface area contributed by atoms with Crippen LogP contribution in [0, 0.1) is 5.82 Å². The van der Waals surface area contributed by atoms with E-state index in [-0.39, 0.29) is 12.2 Å². The highest BCUT2D eigenvalue weighted by Gasteiger charge is 2.06. The van der Waals surface area contributed by atoms with Gasteiger partial charge in [-0.05, 0) is 47.5 Å². The molecule has 0 unspecified atom stereocenters. The summed E-state index contributed by atoms with van der Waals surface area (Å²) in [5.74, 6) is -1.19. The Balaban J connectivity index is 0.000000199. The van der Waals surface area contributed by atoms with E-state index >= 15 is 0 Å². The largest absolute Gasteiger partial charge is 0.481 e. The van der Waals surface area contributed by atoms with Crippen LogP contribution in [0.15, 0.2) is 60.8 Å². The fourth-order valence-electron chi connectivity index (χ4n) is 2.35. The number of hydrogen-bond donors (Lipinski definition) is 3. The van der Waals surface area contributed by atoms with Crippen LogP contribution in [0.4, 0.5) is 10.1 Å². The van der Waals surface area contributed by atoms with Crippen LogP contribution in [0.5, 0.6) is 0 Å². The van der Waals surface area contributed by atoms with E-state index in [1.165, 1.54) is 12.1 Å². The van der Waals surface area contributed by atoms with E-state index < -0.39 is 5.97 Å². The summed E-state index contributed by atoms with van der Waals surface area (Å²) in [4.78, 5) is 14.5. The van der Waals surface area contributed by atoms with Crippen molar-refractivity contribution in [1.29, 1.82) is 0 Å². The Hall–Kier alpha value is -2.96. The van der Waals surface area contributed by atoms with Crippen molar-refractivity contribution in [3.8, 4) is 11.3 Å². The minimum Gasteiger partial charge on any atom is -0.481 e. The first-order chi connectivity index (χ1) is 12.9. The second-order valence-electron chi connectivity index (χ2n) is 5.65. The van der Waals surface area contributed by atoms with Gasteiger partial charge >= 0.3 is 5.97 Å². The molecular formula is C20H19ClFN3O2. The summed E-state index contributed by atoms with van der Waals surface area (Å²) >= 11 is 5.68. The maximum absolute atomic E-state index is 13.2. The van der Waals surface area contributed by atoms with E-state index in [1.54, 1.807) is 24.4 Å². The molecule has 0 amide bonds. The molecule has 27 heavy (non-hydrogen) atoms. The Morgan fingerprint density at radius 1 is 1.15 bits per heavy atom. The van der Waals surface area contributed by atoms with Crippen LogP contribution in [-0.4, -0.2) is 16.1 Å². The van der Waals surface area contributed by atoms with Crippen molar-refractivity contribution in [2.75, 3.05) is 5.73 Å². The lowest BCUT2D eigenvalue weighted by Crippen LogP contribution is -2.03. The van der Waals surface area contributed by atoms with Gasteiger partial charge in [-0.3, -0.25) is 9.78 Å². The molecule has 3 rings (SSSR count). The number of para-hydroxylation sites is 1. The number of nitrogens with zero attached hydrogens (tertiary/aromatic N) is 1. The van der Waals surface area contributed by atoms with Crippen molar-refractivity contribution in [2.45, 2.75) is 13.0 Å². The summed E-state index contributed by atoms with van der Waals surface area (Å²) < 4.78 is 13.2. The van der Waals surface area contributed by atoms with Crippen molar-refractivity contribution in [3.05, 3.63) is 82.8 Å². The van der Waals surface area contributed by atoms with Crippen LogP contribution in [0.3, 0.4) is 0 Å². The molecule has 0 saturated heterocycles. The Morgan fingerprint density at radius 3 is 2.56 bits per heavy atom. The number of nitrogens with two attached hydrogens (primary N) is 2. The molecule has 3 aromatic rings. The Bertz CT molecular complexity index is 920. The number of carboxylic acids is 1. The van der Waals surface area contributed by atoms with Crippen molar-refractivity contribution in [3.63, 3.8) is 0 Å². The number of carboxylic acid groups (broad SMARTS) is 1. The lowest BCUT2D eigenvalue weighted by molar-refractivity contribution is -0.136. The van der Waals surface area contributed by atoms with Crippen LogP contribution in [0.2, 0.25) is 5.02 Å². The molecule has 2 aromatic carbocycles. The van der Waals surface area contributed by atoms with E-state index in [4.69, 9.17) is 28.2 Å².